The van der Waals surface area contributed by atoms with Crippen LogP contribution in [0.2, 0.25) is 0 Å². The predicted octanol–water partition coefficient (Wildman–Crippen LogP) is 3.96. The zero-order valence-electron chi connectivity index (χ0n) is 12.7. The average molecular weight is 317 g/mol. The average Bonchev–Trinajstić information content (AvgIpc) is 2.96. The molecule has 1 aliphatic carbocycles. The SMILES string of the molecule is Cc1c(F)cccc1C1(C(=O)O)CCC(c2cncc(F)c2)C1. The van der Waals surface area contributed by atoms with Crippen molar-refractivity contribution >= 4 is 5.97 Å². The molecule has 3 rings (SSSR count). The Hall–Kier alpha value is -2.30. The first-order chi connectivity index (χ1) is 10.9. The molecule has 3 nitrogen and oxygen atoms in total. The number of halogens is 2. The molecule has 1 N–H and O–H groups in total. The second kappa shape index (κ2) is 5.72. The smallest absolute Gasteiger partial charge is 0.314 e. The zero-order chi connectivity index (χ0) is 16.6. The van der Waals surface area contributed by atoms with E-state index >= 15 is 0 Å². The second-order valence-corrected chi connectivity index (χ2v) is 6.18. The highest BCUT2D eigenvalue weighted by Gasteiger charge is 2.48. The number of pyridine rings is 1. The molecule has 1 aliphatic rings. The molecule has 1 saturated carbocycles. The standard InChI is InChI=1S/C18H17F2NO2/c1-11-15(3-2-4-16(11)20)18(17(22)23)6-5-12(8-18)13-7-14(19)10-21-9-13/h2-4,7,9-10,12H,5-6,8H2,1H3,(H,22,23). The summed E-state index contributed by atoms with van der Waals surface area (Å²) in [7, 11) is 0. The van der Waals surface area contributed by atoms with Gasteiger partial charge in [-0.05, 0) is 60.9 Å². The number of aromatic nitrogens is 1. The van der Waals surface area contributed by atoms with E-state index in [1.165, 1.54) is 12.1 Å². The van der Waals surface area contributed by atoms with Gasteiger partial charge < -0.3 is 5.11 Å². The van der Waals surface area contributed by atoms with E-state index in [1.54, 1.807) is 25.3 Å². The second-order valence-electron chi connectivity index (χ2n) is 6.18. The van der Waals surface area contributed by atoms with Gasteiger partial charge in [-0.3, -0.25) is 9.78 Å². The minimum absolute atomic E-state index is 0.100. The lowest BCUT2D eigenvalue weighted by atomic mass is 9.76. The van der Waals surface area contributed by atoms with Crippen LogP contribution in [0.1, 0.15) is 41.9 Å². The molecule has 0 saturated heterocycles. The van der Waals surface area contributed by atoms with E-state index in [1.807, 2.05) is 0 Å². The Morgan fingerprint density at radius 3 is 2.83 bits per heavy atom. The van der Waals surface area contributed by atoms with Crippen molar-refractivity contribution in [2.45, 2.75) is 37.5 Å². The molecule has 1 aromatic carbocycles. The summed E-state index contributed by atoms with van der Waals surface area (Å²) in [6.07, 6.45) is 4.02. The van der Waals surface area contributed by atoms with Gasteiger partial charge in [0.1, 0.15) is 11.6 Å². The van der Waals surface area contributed by atoms with E-state index in [-0.39, 0.29) is 5.92 Å². The summed E-state index contributed by atoms with van der Waals surface area (Å²) >= 11 is 0. The number of carbonyl (C=O) groups is 1. The van der Waals surface area contributed by atoms with Gasteiger partial charge in [-0.15, -0.1) is 0 Å². The first-order valence-electron chi connectivity index (χ1n) is 7.53. The van der Waals surface area contributed by atoms with Crippen molar-refractivity contribution in [3.05, 3.63) is 65.0 Å². The normalized spacial score (nSPS) is 23.9. The van der Waals surface area contributed by atoms with E-state index < -0.39 is 23.0 Å². The Kier molecular flexibility index (Phi) is 3.88. The summed E-state index contributed by atoms with van der Waals surface area (Å²) in [4.78, 5) is 15.9. The number of hydrogen-bond acceptors (Lipinski definition) is 2. The molecule has 0 spiro atoms. The number of nitrogens with zero attached hydrogens (tertiary/aromatic N) is 1. The third-order valence-corrected chi connectivity index (χ3v) is 4.90. The van der Waals surface area contributed by atoms with Crippen LogP contribution in [0.3, 0.4) is 0 Å². The van der Waals surface area contributed by atoms with Crippen LogP contribution in [-0.2, 0) is 10.2 Å². The summed E-state index contributed by atoms with van der Waals surface area (Å²) in [5.74, 6) is -1.90. The van der Waals surface area contributed by atoms with Crippen molar-refractivity contribution in [3.63, 3.8) is 0 Å². The van der Waals surface area contributed by atoms with Gasteiger partial charge in [0.15, 0.2) is 0 Å². The molecule has 1 fully saturated rings. The third kappa shape index (κ3) is 2.60. The number of carboxylic acid groups (broad SMARTS) is 1. The molecular weight excluding hydrogens is 300 g/mol. The fraction of sp³-hybridized carbons (Fsp3) is 0.333. The fourth-order valence-corrected chi connectivity index (χ4v) is 3.66. The lowest BCUT2D eigenvalue weighted by Crippen LogP contribution is -2.34. The molecule has 5 heteroatoms. The lowest BCUT2D eigenvalue weighted by molar-refractivity contribution is -0.143. The molecule has 1 heterocycles. The van der Waals surface area contributed by atoms with E-state index in [9.17, 15) is 18.7 Å². The molecule has 0 bridgehead atoms. The molecule has 0 radical (unpaired) electrons. The van der Waals surface area contributed by atoms with Crippen LogP contribution in [0.25, 0.3) is 0 Å². The van der Waals surface area contributed by atoms with E-state index in [2.05, 4.69) is 4.98 Å². The summed E-state index contributed by atoms with van der Waals surface area (Å²) in [5.41, 5.74) is 0.440. The Balaban J connectivity index is 2.01. The molecule has 1 aromatic heterocycles. The van der Waals surface area contributed by atoms with Crippen molar-refractivity contribution in [2.24, 2.45) is 0 Å². The van der Waals surface area contributed by atoms with Crippen LogP contribution in [0, 0.1) is 18.6 Å². The Bertz CT molecular complexity index is 762. The van der Waals surface area contributed by atoms with Gasteiger partial charge in [-0.2, -0.15) is 0 Å². The topological polar surface area (TPSA) is 50.2 Å². The van der Waals surface area contributed by atoms with Crippen molar-refractivity contribution < 1.29 is 18.7 Å². The molecule has 23 heavy (non-hydrogen) atoms. The fourth-order valence-electron chi connectivity index (χ4n) is 3.66. The molecule has 2 aromatic rings. The minimum atomic E-state index is -1.14. The molecular formula is C18H17F2NO2. The third-order valence-electron chi connectivity index (χ3n) is 4.90. The Morgan fingerprint density at radius 1 is 1.35 bits per heavy atom. The number of aliphatic carboxylic acids is 1. The lowest BCUT2D eigenvalue weighted by Gasteiger charge is -2.27. The van der Waals surface area contributed by atoms with Gasteiger partial charge in [-0.1, -0.05) is 12.1 Å². The number of carboxylic acids is 1. The molecule has 2 unspecified atom stereocenters. The van der Waals surface area contributed by atoms with E-state index in [0.29, 0.717) is 36.0 Å². The van der Waals surface area contributed by atoms with Crippen LogP contribution in [-0.4, -0.2) is 16.1 Å². The first-order valence-corrected chi connectivity index (χ1v) is 7.53. The maximum Gasteiger partial charge on any atom is 0.314 e. The highest BCUT2D eigenvalue weighted by Crippen LogP contribution is 2.49. The van der Waals surface area contributed by atoms with E-state index in [4.69, 9.17) is 0 Å². The largest absolute Gasteiger partial charge is 0.481 e. The summed E-state index contributed by atoms with van der Waals surface area (Å²) in [5, 5.41) is 9.84. The van der Waals surface area contributed by atoms with Crippen LogP contribution in [0.15, 0.2) is 36.7 Å². The highest BCUT2D eigenvalue weighted by molar-refractivity contribution is 5.82. The Morgan fingerprint density at radius 2 is 2.13 bits per heavy atom. The number of benzene rings is 1. The van der Waals surface area contributed by atoms with Crippen LogP contribution in [0.5, 0.6) is 0 Å². The van der Waals surface area contributed by atoms with Crippen molar-refractivity contribution in [1.82, 2.24) is 4.98 Å². The number of rotatable bonds is 3. The van der Waals surface area contributed by atoms with Gasteiger partial charge >= 0.3 is 5.97 Å². The molecule has 2 atom stereocenters. The van der Waals surface area contributed by atoms with Crippen LogP contribution >= 0.6 is 0 Å². The first kappa shape index (κ1) is 15.6. The van der Waals surface area contributed by atoms with Gasteiger partial charge in [-0.25, -0.2) is 8.78 Å². The monoisotopic (exact) mass is 317 g/mol. The maximum atomic E-state index is 13.9. The van der Waals surface area contributed by atoms with Crippen molar-refractivity contribution in [3.8, 4) is 0 Å². The van der Waals surface area contributed by atoms with Gasteiger partial charge in [0.2, 0.25) is 0 Å². The quantitative estimate of drug-likeness (QED) is 0.932. The predicted molar refractivity (Wildman–Crippen MR) is 81.2 cm³/mol. The zero-order valence-corrected chi connectivity index (χ0v) is 12.7. The summed E-state index contributed by atoms with van der Waals surface area (Å²) < 4.78 is 27.3. The summed E-state index contributed by atoms with van der Waals surface area (Å²) in [6.45, 7) is 1.60. The minimum Gasteiger partial charge on any atom is -0.481 e. The van der Waals surface area contributed by atoms with Gasteiger partial charge in [0.25, 0.3) is 0 Å². The number of hydrogen-bond donors (Lipinski definition) is 1. The van der Waals surface area contributed by atoms with Crippen molar-refractivity contribution in [1.29, 1.82) is 0 Å². The van der Waals surface area contributed by atoms with Gasteiger partial charge in [0.05, 0.1) is 11.6 Å². The van der Waals surface area contributed by atoms with Crippen LogP contribution < -0.4 is 0 Å². The maximum absolute atomic E-state index is 13.9. The van der Waals surface area contributed by atoms with E-state index in [0.717, 1.165) is 6.20 Å². The Labute approximate surface area is 133 Å². The summed E-state index contributed by atoms with van der Waals surface area (Å²) in [6, 6.07) is 5.95. The molecule has 0 aliphatic heterocycles. The van der Waals surface area contributed by atoms with Crippen LogP contribution in [0.4, 0.5) is 8.78 Å². The highest BCUT2D eigenvalue weighted by atomic mass is 19.1. The molecule has 120 valence electrons. The van der Waals surface area contributed by atoms with Crippen molar-refractivity contribution in [2.75, 3.05) is 0 Å². The van der Waals surface area contributed by atoms with Gasteiger partial charge in [0, 0.05) is 6.20 Å². The molecule has 0 amide bonds.